The van der Waals surface area contributed by atoms with E-state index in [9.17, 15) is 4.39 Å². The van der Waals surface area contributed by atoms with Crippen LogP contribution in [0.1, 0.15) is 5.82 Å². The van der Waals surface area contributed by atoms with Crippen LogP contribution in [0.2, 0.25) is 0 Å². The average molecular weight is 269 g/mol. The summed E-state index contributed by atoms with van der Waals surface area (Å²) in [6, 6.07) is 6.68. The Bertz CT molecular complexity index is 505. The largest absolute Gasteiger partial charge is 0.330 e. The molecule has 1 heterocycles. The molecule has 4 heteroatoms. The molecule has 0 aliphatic heterocycles. The van der Waals surface area contributed by atoms with E-state index in [2.05, 4.69) is 20.9 Å². The van der Waals surface area contributed by atoms with Crippen LogP contribution in [0.25, 0.3) is 11.3 Å². The van der Waals surface area contributed by atoms with Crippen molar-refractivity contribution in [3.8, 4) is 11.3 Å². The lowest BCUT2D eigenvalue weighted by Gasteiger charge is -2.05. The van der Waals surface area contributed by atoms with Gasteiger partial charge in [0.15, 0.2) is 0 Å². The zero-order valence-corrected chi connectivity index (χ0v) is 10.0. The first kappa shape index (κ1) is 10.4. The fourth-order valence-corrected chi connectivity index (χ4v) is 2.25. The first-order valence-corrected chi connectivity index (χ1v) is 5.34. The lowest BCUT2D eigenvalue weighted by Crippen LogP contribution is -1.96. The summed E-state index contributed by atoms with van der Waals surface area (Å²) in [5.41, 5.74) is 1.33. The highest BCUT2D eigenvalue weighted by Crippen LogP contribution is 2.29. The van der Waals surface area contributed by atoms with Crippen molar-refractivity contribution in [3.63, 3.8) is 0 Å². The maximum Gasteiger partial charge on any atom is 0.132 e. The van der Waals surface area contributed by atoms with Gasteiger partial charge in [-0.05, 0) is 35.0 Å². The highest BCUT2D eigenvalue weighted by atomic mass is 79.9. The lowest BCUT2D eigenvalue weighted by molar-refractivity contribution is 0.629. The molecule has 1 aromatic carbocycles. The number of benzene rings is 1. The molecule has 0 spiro atoms. The van der Waals surface area contributed by atoms with Gasteiger partial charge in [-0.3, -0.25) is 0 Å². The van der Waals surface area contributed by atoms with Gasteiger partial charge in [-0.25, -0.2) is 9.37 Å². The minimum absolute atomic E-state index is 0.235. The molecule has 0 saturated heterocycles. The Morgan fingerprint density at radius 2 is 2.00 bits per heavy atom. The normalized spacial score (nSPS) is 10.7. The van der Waals surface area contributed by atoms with Crippen LogP contribution in [0.5, 0.6) is 0 Å². The van der Waals surface area contributed by atoms with Gasteiger partial charge in [0.2, 0.25) is 0 Å². The number of hydrogen-bond donors (Lipinski definition) is 0. The summed E-state index contributed by atoms with van der Waals surface area (Å²) in [7, 11) is 1.87. The summed E-state index contributed by atoms with van der Waals surface area (Å²) in [5.74, 6) is 0.612. The van der Waals surface area contributed by atoms with Gasteiger partial charge in [0, 0.05) is 12.6 Å². The van der Waals surface area contributed by atoms with E-state index in [1.165, 1.54) is 6.07 Å². The van der Waals surface area contributed by atoms with Gasteiger partial charge in [0.05, 0.1) is 5.69 Å². The smallest absolute Gasteiger partial charge is 0.132 e. The number of halogens is 2. The topological polar surface area (TPSA) is 17.8 Å². The van der Waals surface area contributed by atoms with E-state index in [1.54, 1.807) is 12.1 Å². The second-order valence-corrected chi connectivity index (χ2v) is 4.09. The van der Waals surface area contributed by atoms with E-state index in [0.717, 1.165) is 11.5 Å². The van der Waals surface area contributed by atoms with Crippen molar-refractivity contribution in [2.75, 3.05) is 0 Å². The molecule has 0 fully saturated rings. The van der Waals surface area contributed by atoms with E-state index in [4.69, 9.17) is 0 Å². The number of aromatic nitrogens is 2. The van der Waals surface area contributed by atoms with Crippen LogP contribution in [-0.2, 0) is 7.05 Å². The van der Waals surface area contributed by atoms with Crippen molar-refractivity contribution in [2.24, 2.45) is 7.05 Å². The van der Waals surface area contributed by atoms with Gasteiger partial charge >= 0.3 is 0 Å². The maximum absolute atomic E-state index is 13.6. The van der Waals surface area contributed by atoms with Crippen LogP contribution >= 0.6 is 15.9 Å². The van der Waals surface area contributed by atoms with Gasteiger partial charge in [-0.1, -0.05) is 12.1 Å². The minimum atomic E-state index is -0.235. The van der Waals surface area contributed by atoms with Crippen LogP contribution in [0.3, 0.4) is 0 Å². The molecule has 15 heavy (non-hydrogen) atoms. The SMILES string of the molecule is Cc1nc(Br)c(-c2ccccc2F)n1C. The zero-order chi connectivity index (χ0) is 11.0. The Morgan fingerprint density at radius 1 is 1.33 bits per heavy atom. The fourth-order valence-electron chi connectivity index (χ4n) is 1.52. The Morgan fingerprint density at radius 3 is 2.53 bits per heavy atom. The summed E-state index contributed by atoms with van der Waals surface area (Å²) >= 11 is 3.34. The summed E-state index contributed by atoms with van der Waals surface area (Å²) < 4.78 is 16.1. The second-order valence-electron chi connectivity index (χ2n) is 3.34. The molecule has 0 bridgehead atoms. The van der Waals surface area contributed by atoms with E-state index in [-0.39, 0.29) is 5.82 Å². The Balaban J connectivity index is 2.69. The van der Waals surface area contributed by atoms with Crippen LogP contribution in [0.4, 0.5) is 4.39 Å². The van der Waals surface area contributed by atoms with Crippen molar-refractivity contribution in [1.82, 2.24) is 9.55 Å². The third-order valence-electron chi connectivity index (χ3n) is 2.41. The number of nitrogens with zero attached hydrogens (tertiary/aromatic N) is 2. The highest BCUT2D eigenvalue weighted by Gasteiger charge is 2.14. The first-order valence-electron chi connectivity index (χ1n) is 4.55. The van der Waals surface area contributed by atoms with Crippen LogP contribution < -0.4 is 0 Å². The molecule has 0 aliphatic rings. The van der Waals surface area contributed by atoms with Gasteiger partial charge in [-0.2, -0.15) is 0 Å². The maximum atomic E-state index is 13.6. The molecule has 0 saturated carbocycles. The van der Waals surface area contributed by atoms with Gasteiger partial charge in [-0.15, -0.1) is 0 Å². The van der Waals surface area contributed by atoms with Crippen molar-refractivity contribution < 1.29 is 4.39 Å². The van der Waals surface area contributed by atoms with Crippen molar-refractivity contribution in [3.05, 3.63) is 40.5 Å². The van der Waals surface area contributed by atoms with Gasteiger partial charge in [0.1, 0.15) is 16.2 Å². The van der Waals surface area contributed by atoms with Gasteiger partial charge < -0.3 is 4.57 Å². The zero-order valence-electron chi connectivity index (χ0n) is 8.46. The van der Waals surface area contributed by atoms with Crippen LogP contribution in [0.15, 0.2) is 28.9 Å². The molecule has 2 aromatic rings. The second kappa shape index (κ2) is 3.77. The number of aryl methyl sites for hydroxylation is 1. The highest BCUT2D eigenvalue weighted by molar-refractivity contribution is 9.10. The third kappa shape index (κ3) is 1.69. The molecule has 2 nitrogen and oxygen atoms in total. The predicted octanol–water partition coefficient (Wildman–Crippen LogP) is 3.30. The third-order valence-corrected chi connectivity index (χ3v) is 2.96. The fraction of sp³-hybridized carbons (Fsp3) is 0.182. The Kier molecular flexibility index (Phi) is 2.61. The van der Waals surface area contributed by atoms with Crippen molar-refractivity contribution in [1.29, 1.82) is 0 Å². The molecule has 1 aromatic heterocycles. The Labute approximate surface area is 95.9 Å². The first-order chi connectivity index (χ1) is 7.11. The lowest BCUT2D eigenvalue weighted by atomic mass is 10.1. The number of imidazole rings is 1. The molecular formula is C11H10BrFN2. The van der Waals surface area contributed by atoms with E-state index < -0.39 is 0 Å². The summed E-state index contributed by atoms with van der Waals surface area (Å²) in [6.07, 6.45) is 0. The summed E-state index contributed by atoms with van der Waals surface area (Å²) in [6.45, 7) is 1.88. The van der Waals surface area contributed by atoms with Crippen molar-refractivity contribution in [2.45, 2.75) is 6.92 Å². The molecule has 0 N–H and O–H groups in total. The molecule has 0 radical (unpaired) electrons. The van der Waals surface area contributed by atoms with Crippen LogP contribution in [0, 0.1) is 12.7 Å². The predicted molar refractivity (Wildman–Crippen MR) is 61.0 cm³/mol. The minimum Gasteiger partial charge on any atom is -0.330 e. The standard InChI is InChI=1S/C11H10BrFN2/c1-7-14-11(12)10(15(7)2)8-5-3-4-6-9(8)13/h3-6H,1-2H3. The van der Waals surface area contributed by atoms with Crippen molar-refractivity contribution >= 4 is 15.9 Å². The molecule has 0 unspecified atom stereocenters. The van der Waals surface area contributed by atoms with E-state index in [0.29, 0.717) is 10.2 Å². The average Bonchev–Trinajstić information content (AvgIpc) is 2.43. The number of hydrogen-bond acceptors (Lipinski definition) is 1. The van der Waals surface area contributed by atoms with Gasteiger partial charge in [0.25, 0.3) is 0 Å². The van der Waals surface area contributed by atoms with E-state index >= 15 is 0 Å². The monoisotopic (exact) mass is 268 g/mol. The molecule has 0 aliphatic carbocycles. The molecule has 2 rings (SSSR count). The molecule has 0 amide bonds. The number of rotatable bonds is 1. The Hall–Kier alpha value is -1.16. The quantitative estimate of drug-likeness (QED) is 0.776. The summed E-state index contributed by atoms with van der Waals surface area (Å²) in [5, 5.41) is 0. The molecular weight excluding hydrogens is 259 g/mol. The van der Waals surface area contributed by atoms with Crippen LogP contribution in [-0.4, -0.2) is 9.55 Å². The molecule has 78 valence electrons. The summed E-state index contributed by atoms with van der Waals surface area (Å²) in [4.78, 5) is 4.24. The molecule has 0 atom stereocenters. The van der Waals surface area contributed by atoms with E-state index in [1.807, 2.05) is 24.6 Å².